The molecule has 1 amide bonds. The number of hydrogen-bond acceptors (Lipinski definition) is 4. The minimum Gasteiger partial charge on any atom is -0.465 e. The van der Waals surface area contributed by atoms with Crippen molar-refractivity contribution in [3.05, 3.63) is 65.1 Å². The van der Waals surface area contributed by atoms with E-state index < -0.39 is 6.09 Å². The van der Waals surface area contributed by atoms with Crippen molar-refractivity contribution >= 4 is 34.7 Å². The van der Waals surface area contributed by atoms with Gasteiger partial charge in [-0.1, -0.05) is 48.0 Å². The number of hydrogen-bond donors (Lipinski definition) is 2. The molecule has 3 rings (SSSR count). The average molecular weight is 400 g/mol. The SMILES string of the molecule is CN(C/C=C/c1nc(Cl)cc2cnn(C)c12)CC(NC(=O)O)c1ccccc1. The number of carbonyl (C=O) groups is 1. The molecule has 2 aromatic heterocycles. The summed E-state index contributed by atoms with van der Waals surface area (Å²) >= 11 is 6.10. The molecule has 0 aliphatic carbocycles. The summed E-state index contributed by atoms with van der Waals surface area (Å²) in [4.78, 5) is 17.6. The molecule has 7 nitrogen and oxygen atoms in total. The van der Waals surface area contributed by atoms with Crippen LogP contribution in [0, 0.1) is 0 Å². The van der Waals surface area contributed by atoms with Crippen molar-refractivity contribution in [2.24, 2.45) is 7.05 Å². The lowest BCUT2D eigenvalue weighted by Crippen LogP contribution is -2.35. The maximum absolute atomic E-state index is 11.2. The number of fused-ring (bicyclic) bond motifs is 1. The molecule has 2 N–H and O–H groups in total. The first-order valence-corrected chi connectivity index (χ1v) is 9.19. The number of halogens is 1. The summed E-state index contributed by atoms with van der Waals surface area (Å²) in [5, 5.41) is 17.3. The second kappa shape index (κ2) is 8.86. The van der Waals surface area contributed by atoms with Gasteiger partial charge in [0.05, 0.1) is 23.4 Å². The molecule has 2 heterocycles. The van der Waals surface area contributed by atoms with E-state index in [1.807, 2.05) is 61.5 Å². The number of aromatic nitrogens is 3. The molecular weight excluding hydrogens is 378 g/mol. The molecule has 0 saturated carbocycles. The van der Waals surface area contributed by atoms with Crippen LogP contribution in [0.15, 0.2) is 48.7 Å². The standard InChI is InChI=1S/C20H22ClN5O2/c1-25(13-17(24-20(27)28)14-7-4-3-5-8-14)10-6-9-16-19-15(11-18(21)23-16)12-22-26(19)2/h3-9,11-12,17,24H,10,13H2,1-2H3,(H,27,28)/b9-6+. The summed E-state index contributed by atoms with van der Waals surface area (Å²) in [6.07, 6.45) is 4.61. The topological polar surface area (TPSA) is 83.3 Å². The van der Waals surface area contributed by atoms with Crippen molar-refractivity contribution in [2.75, 3.05) is 20.1 Å². The number of nitrogens with zero attached hydrogens (tertiary/aromatic N) is 4. The predicted octanol–water partition coefficient (Wildman–Crippen LogP) is 3.58. The maximum atomic E-state index is 11.2. The first-order chi connectivity index (χ1) is 13.4. The predicted molar refractivity (Wildman–Crippen MR) is 110 cm³/mol. The summed E-state index contributed by atoms with van der Waals surface area (Å²) in [6, 6.07) is 11.0. The molecule has 8 heteroatoms. The lowest BCUT2D eigenvalue weighted by Gasteiger charge is -2.23. The van der Waals surface area contributed by atoms with Gasteiger partial charge in [-0.25, -0.2) is 9.78 Å². The minimum absolute atomic E-state index is 0.315. The highest BCUT2D eigenvalue weighted by Crippen LogP contribution is 2.21. The second-order valence-corrected chi connectivity index (χ2v) is 6.96. The molecule has 0 spiro atoms. The van der Waals surface area contributed by atoms with Gasteiger partial charge in [0.1, 0.15) is 5.15 Å². The van der Waals surface area contributed by atoms with Crippen molar-refractivity contribution < 1.29 is 9.90 Å². The van der Waals surface area contributed by atoms with Crippen LogP contribution in [-0.4, -0.2) is 51.0 Å². The smallest absolute Gasteiger partial charge is 0.405 e. The summed E-state index contributed by atoms with van der Waals surface area (Å²) < 4.78 is 1.77. The maximum Gasteiger partial charge on any atom is 0.405 e. The Morgan fingerprint density at radius 1 is 1.39 bits per heavy atom. The van der Waals surface area contributed by atoms with Gasteiger partial charge in [0, 0.05) is 25.5 Å². The summed E-state index contributed by atoms with van der Waals surface area (Å²) in [5.41, 5.74) is 2.59. The minimum atomic E-state index is -1.04. The van der Waals surface area contributed by atoms with Gasteiger partial charge in [-0.05, 0) is 24.8 Å². The van der Waals surface area contributed by atoms with E-state index in [4.69, 9.17) is 16.7 Å². The molecule has 3 aromatic rings. The molecule has 0 radical (unpaired) electrons. The Bertz CT molecular complexity index is 987. The van der Waals surface area contributed by atoms with Crippen LogP contribution in [-0.2, 0) is 7.05 Å². The molecule has 0 fully saturated rings. The lowest BCUT2D eigenvalue weighted by atomic mass is 10.1. The molecule has 0 aliphatic heterocycles. The zero-order valence-corrected chi connectivity index (χ0v) is 16.5. The Balaban J connectivity index is 1.70. The monoisotopic (exact) mass is 399 g/mol. The van der Waals surface area contributed by atoms with E-state index in [2.05, 4.69) is 15.4 Å². The third-order valence-corrected chi connectivity index (χ3v) is 4.59. The highest BCUT2D eigenvalue weighted by molar-refractivity contribution is 6.30. The lowest BCUT2D eigenvalue weighted by molar-refractivity contribution is 0.185. The molecular formula is C20H22ClN5O2. The van der Waals surface area contributed by atoms with Crippen LogP contribution >= 0.6 is 11.6 Å². The number of likely N-dealkylation sites (N-methyl/N-ethyl adjacent to an activating group) is 1. The van der Waals surface area contributed by atoms with Gasteiger partial charge >= 0.3 is 6.09 Å². The molecule has 28 heavy (non-hydrogen) atoms. The summed E-state index contributed by atoms with van der Waals surface area (Å²) in [6.45, 7) is 1.16. The van der Waals surface area contributed by atoms with Crippen LogP contribution in [0.1, 0.15) is 17.3 Å². The number of carboxylic acid groups (broad SMARTS) is 1. The van der Waals surface area contributed by atoms with Crippen LogP contribution in [0.5, 0.6) is 0 Å². The number of aryl methyl sites for hydroxylation is 1. The van der Waals surface area contributed by atoms with Crippen LogP contribution in [0.2, 0.25) is 5.15 Å². The fraction of sp³-hybridized carbons (Fsp3) is 0.250. The van der Waals surface area contributed by atoms with Gasteiger partial charge in [-0.2, -0.15) is 5.10 Å². The van der Waals surface area contributed by atoms with Gasteiger partial charge in [0.2, 0.25) is 0 Å². The van der Waals surface area contributed by atoms with E-state index in [-0.39, 0.29) is 6.04 Å². The number of benzene rings is 1. The quantitative estimate of drug-likeness (QED) is 0.593. The van der Waals surface area contributed by atoms with Crippen molar-refractivity contribution in [2.45, 2.75) is 6.04 Å². The van der Waals surface area contributed by atoms with Crippen LogP contribution in [0.4, 0.5) is 4.79 Å². The van der Waals surface area contributed by atoms with Gasteiger partial charge in [0.25, 0.3) is 0 Å². The van der Waals surface area contributed by atoms with Gasteiger partial charge < -0.3 is 15.3 Å². The molecule has 1 atom stereocenters. The zero-order valence-electron chi connectivity index (χ0n) is 15.7. The first-order valence-electron chi connectivity index (χ1n) is 8.82. The van der Waals surface area contributed by atoms with Crippen molar-refractivity contribution in [1.29, 1.82) is 0 Å². The van der Waals surface area contributed by atoms with Crippen LogP contribution < -0.4 is 5.32 Å². The van der Waals surface area contributed by atoms with E-state index in [0.717, 1.165) is 22.2 Å². The Kier molecular flexibility index (Phi) is 6.28. The first kappa shape index (κ1) is 19.9. The highest BCUT2D eigenvalue weighted by Gasteiger charge is 2.15. The van der Waals surface area contributed by atoms with Gasteiger partial charge in [-0.3, -0.25) is 4.68 Å². The van der Waals surface area contributed by atoms with Crippen molar-refractivity contribution in [3.63, 3.8) is 0 Å². The van der Waals surface area contributed by atoms with Crippen molar-refractivity contribution in [1.82, 2.24) is 25.0 Å². The Morgan fingerprint density at radius 2 is 2.14 bits per heavy atom. The van der Waals surface area contributed by atoms with Crippen LogP contribution in [0.3, 0.4) is 0 Å². The Labute approximate surface area is 168 Å². The van der Waals surface area contributed by atoms with E-state index in [9.17, 15) is 4.79 Å². The summed E-state index contributed by atoms with van der Waals surface area (Å²) in [5.74, 6) is 0. The molecule has 0 saturated heterocycles. The molecule has 0 aliphatic rings. The van der Waals surface area contributed by atoms with Crippen LogP contribution in [0.25, 0.3) is 17.0 Å². The van der Waals surface area contributed by atoms with E-state index >= 15 is 0 Å². The van der Waals surface area contributed by atoms with E-state index in [1.54, 1.807) is 16.9 Å². The highest BCUT2D eigenvalue weighted by atomic mass is 35.5. The molecule has 1 aromatic carbocycles. The second-order valence-electron chi connectivity index (χ2n) is 6.57. The van der Waals surface area contributed by atoms with Gasteiger partial charge in [0.15, 0.2) is 0 Å². The third kappa shape index (κ3) is 4.88. The number of pyridine rings is 1. The number of nitrogens with one attached hydrogen (secondary N) is 1. The van der Waals surface area contributed by atoms with Crippen molar-refractivity contribution in [3.8, 4) is 0 Å². The third-order valence-electron chi connectivity index (χ3n) is 4.40. The fourth-order valence-electron chi connectivity index (χ4n) is 3.12. The number of amides is 1. The number of rotatable bonds is 7. The normalized spacial score (nSPS) is 12.7. The summed E-state index contributed by atoms with van der Waals surface area (Å²) in [7, 11) is 3.80. The molecule has 0 bridgehead atoms. The average Bonchev–Trinajstić information content (AvgIpc) is 3.02. The largest absolute Gasteiger partial charge is 0.465 e. The van der Waals surface area contributed by atoms with E-state index in [1.165, 1.54) is 0 Å². The Morgan fingerprint density at radius 3 is 2.86 bits per heavy atom. The Hall–Kier alpha value is -2.90. The molecule has 1 unspecified atom stereocenters. The fourth-order valence-corrected chi connectivity index (χ4v) is 3.33. The zero-order chi connectivity index (χ0) is 20.1. The van der Waals surface area contributed by atoms with Gasteiger partial charge in [-0.15, -0.1) is 0 Å². The van der Waals surface area contributed by atoms with E-state index in [0.29, 0.717) is 18.2 Å². The molecule has 146 valence electrons.